The van der Waals surface area contributed by atoms with Crippen LogP contribution in [0.4, 0.5) is 10.1 Å². The maximum absolute atomic E-state index is 13.4. The van der Waals surface area contributed by atoms with E-state index in [0.717, 1.165) is 17.4 Å². The summed E-state index contributed by atoms with van der Waals surface area (Å²) in [5.74, 6) is -0.673. The third kappa shape index (κ3) is 8.62. The summed E-state index contributed by atoms with van der Waals surface area (Å²) in [6.07, 6.45) is 1.48. The van der Waals surface area contributed by atoms with E-state index >= 15 is 0 Å². The molecule has 0 aliphatic carbocycles. The molecule has 9 heteroatoms. The first-order valence-electron chi connectivity index (χ1n) is 12.2. The quantitative estimate of drug-likeness (QED) is 0.456. The zero-order valence-corrected chi connectivity index (χ0v) is 22.9. The summed E-state index contributed by atoms with van der Waals surface area (Å²) in [4.78, 5) is 27.5. The van der Waals surface area contributed by atoms with Crippen molar-refractivity contribution in [2.24, 2.45) is 5.92 Å². The molecule has 0 bridgehead atoms. The first-order valence-corrected chi connectivity index (χ1v) is 14.0. The molecule has 0 saturated carbocycles. The number of aryl methyl sites for hydroxylation is 2. The molecule has 0 saturated heterocycles. The summed E-state index contributed by atoms with van der Waals surface area (Å²) in [5.41, 5.74) is 3.28. The van der Waals surface area contributed by atoms with Crippen LogP contribution in [0.5, 0.6) is 0 Å². The molecule has 2 aromatic carbocycles. The molecule has 0 unspecified atom stereocenters. The molecule has 0 aliphatic rings. The number of carbonyl (C=O) groups is 2. The van der Waals surface area contributed by atoms with Crippen molar-refractivity contribution in [2.45, 2.75) is 60.0 Å². The maximum Gasteiger partial charge on any atom is 0.242 e. The topological polar surface area (TPSA) is 86.8 Å². The molecule has 0 radical (unpaired) electrons. The highest BCUT2D eigenvalue weighted by atomic mass is 32.2. The van der Waals surface area contributed by atoms with Crippen LogP contribution in [0.25, 0.3) is 0 Å². The van der Waals surface area contributed by atoms with Crippen LogP contribution in [0.15, 0.2) is 42.5 Å². The minimum absolute atomic E-state index is 0.0554. The lowest BCUT2D eigenvalue weighted by Gasteiger charge is -2.29. The highest BCUT2D eigenvalue weighted by molar-refractivity contribution is 7.92. The number of hydrogen-bond acceptors (Lipinski definition) is 4. The predicted molar refractivity (Wildman–Crippen MR) is 142 cm³/mol. The molecule has 2 aromatic rings. The van der Waals surface area contributed by atoms with Crippen molar-refractivity contribution in [3.05, 3.63) is 65.0 Å². The zero-order chi connectivity index (χ0) is 27.0. The van der Waals surface area contributed by atoms with E-state index in [9.17, 15) is 22.4 Å². The Morgan fingerprint density at radius 3 is 2.19 bits per heavy atom. The van der Waals surface area contributed by atoms with Gasteiger partial charge in [0.25, 0.3) is 0 Å². The normalized spacial score (nSPS) is 12.3. The number of anilines is 1. The van der Waals surface area contributed by atoms with E-state index in [0.29, 0.717) is 17.8 Å². The van der Waals surface area contributed by atoms with Crippen molar-refractivity contribution in [1.29, 1.82) is 0 Å². The first kappa shape index (κ1) is 29.3. The molecule has 1 N–H and O–H groups in total. The lowest BCUT2D eigenvalue weighted by Crippen LogP contribution is -2.48. The number of benzene rings is 2. The molecule has 0 heterocycles. The SMILES string of the molecule is Cc1ccc(N(CCCC(=O)N(Cc2ccc(F)cc2)[C@@H](C)C(=O)NCC(C)C)S(C)(=O)=O)cc1C. The van der Waals surface area contributed by atoms with Gasteiger partial charge in [0, 0.05) is 26.1 Å². The summed E-state index contributed by atoms with van der Waals surface area (Å²) < 4.78 is 39.6. The molecule has 0 fully saturated rings. The first-order chi connectivity index (χ1) is 16.8. The Morgan fingerprint density at radius 2 is 1.64 bits per heavy atom. The molecule has 0 aliphatic heterocycles. The van der Waals surface area contributed by atoms with Gasteiger partial charge in [0.15, 0.2) is 0 Å². The lowest BCUT2D eigenvalue weighted by molar-refractivity contribution is -0.140. The molecular weight excluding hydrogens is 481 g/mol. The van der Waals surface area contributed by atoms with Crippen LogP contribution in [-0.4, -0.2) is 50.5 Å². The van der Waals surface area contributed by atoms with Gasteiger partial charge in [-0.1, -0.05) is 32.0 Å². The Balaban J connectivity index is 2.17. The van der Waals surface area contributed by atoms with E-state index in [2.05, 4.69) is 5.32 Å². The van der Waals surface area contributed by atoms with Crippen LogP contribution in [0.2, 0.25) is 0 Å². The average molecular weight is 520 g/mol. The van der Waals surface area contributed by atoms with E-state index in [1.54, 1.807) is 25.1 Å². The minimum atomic E-state index is -3.55. The maximum atomic E-state index is 13.4. The highest BCUT2D eigenvalue weighted by Crippen LogP contribution is 2.22. The second-order valence-corrected chi connectivity index (χ2v) is 11.6. The van der Waals surface area contributed by atoms with Crippen molar-refractivity contribution >= 4 is 27.5 Å². The molecule has 2 amide bonds. The molecular formula is C27H38FN3O4S. The van der Waals surface area contributed by atoms with Crippen LogP contribution in [0.3, 0.4) is 0 Å². The Hall–Kier alpha value is -2.94. The number of amides is 2. The summed E-state index contributed by atoms with van der Waals surface area (Å²) >= 11 is 0. The summed E-state index contributed by atoms with van der Waals surface area (Å²) in [7, 11) is -3.55. The highest BCUT2D eigenvalue weighted by Gasteiger charge is 2.26. The molecule has 1 atom stereocenters. The summed E-state index contributed by atoms with van der Waals surface area (Å²) in [6, 6.07) is 10.5. The van der Waals surface area contributed by atoms with Gasteiger partial charge in [0.2, 0.25) is 21.8 Å². The van der Waals surface area contributed by atoms with E-state index in [4.69, 9.17) is 0 Å². The number of nitrogens with zero attached hydrogens (tertiary/aromatic N) is 2. The number of nitrogens with one attached hydrogen (secondary N) is 1. The third-order valence-corrected chi connectivity index (χ3v) is 7.24. The van der Waals surface area contributed by atoms with E-state index in [1.807, 2.05) is 39.8 Å². The standard InChI is InChI=1S/C27H38FN3O4S/c1-19(2)17-29-27(33)22(5)30(18-23-10-12-24(28)13-11-23)26(32)8-7-15-31(36(6,34)35)25-14-9-20(3)21(4)16-25/h9-14,16,19,22H,7-8,15,17-18H2,1-6H3,(H,29,33)/t22-/m0/s1. The lowest BCUT2D eigenvalue weighted by atomic mass is 10.1. The Labute approximate surface area is 214 Å². The van der Waals surface area contributed by atoms with Crippen molar-refractivity contribution < 1.29 is 22.4 Å². The van der Waals surface area contributed by atoms with Gasteiger partial charge in [-0.3, -0.25) is 13.9 Å². The second kappa shape index (κ2) is 12.9. The number of rotatable bonds is 12. The fraction of sp³-hybridized carbons (Fsp3) is 0.481. The van der Waals surface area contributed by atoms with Crippen LogP contribution in [-0.2, 0) is 26.2 Å². The average Bonchev–Trinajstić information content (AvgIpc) is 2.80. The van der Waals surface area contributed by atoms with E-state index in [1.165, 1.54) is 21.3 Å². The number of hydrogen-bond donors (Lipinski definition) is 1. The van der Waals surface area contributed by atoms with Gasteiger partial charge in [0.1, 0.15) is 11.9 Å². The predicted octanol–water partition coefficient (Wildman–Crippen LogP) is 4.18. The Kier molecular flexibility index (Phi) is 10.5. The van der Waals surface area contributed by atoms with Crippen LogP contribution < -0.4 is 9.62 Å². The molecule has 2 rings (SSSR count). The van der Waals surface area contributed by atoms with Gasteiger partial charge in [-0.05, 0) is 74.1 Å². The van der Waals surface area contributed by atoms with Gasteiger partial charge >= 0.3 is 0 Å². The fourth-order valence-electron chi connectivity index (χ4n) is 3.71. The molecule has 0 spiro atoms. The van der Waals surface area contributed by atoms with Gasteiger partial charge in [-0.2, -0.15) is 0 Å². The summed E-state index contributed by atoms with van der Waals surface area (Å²) in [5, 5.41) is 2.86. The van der Waals surface area contributed by atoms with Crippen LogP contribution >= 0.6 is 0 Å². The number of carbonyl (C=O) groups excluding carboxylic acids is 2. The Bertz CT molecular complexity index is 1150. The summed E-state index contributed by atoms with van der Waals surface area (Å²) in [6.45, 7) is 10.3. The fourth-order valence-corrected chi connectivity index (χ4v) is 4.66. The second-order valence-electron chi connectivity index (χ2n) is 9.67. The number of sulfonamides is 1. The van der Waals surface area contributed by atoms with E-state index in [-0.39, 0.29) is 49.5 Å². The van der Waals surface area contributed by atoms with Crippen molar-refractivity contribution in [3.63, 3.8) is 0 Å². The van der Waals surface area contributed by atoms with E-state index < -0.39 is 16.1 Å². The zero-order valence-electron chi connectivity index (χ0n) is 22.0. The van der Waals surface area contributed by atoms with Gasteiger partial charge in [-0.15, -0.1) is 0 Å². The largest absolute Gasteiger partial charge is 0.354 e. The molecule has 7 nitrogen and oxygen atoms in total. The number of halogens is 1. The van der Waals surface area contributed by atoms with Gasteiger partial charge in [0.05, 0.1) is 11.9 Å². The molecule has 198 valence electrons. The molecule has 0 aromatic heterocycles. The van der Waals surface area contributed by atoms with Crippen molar-refractivity contribution in [2.75, 3.05) is 23.7 Å². The van der Waals surface area contributed by atoms with Crippen molar-refractivity contribution in [1.82, 2.24) is 10.2 Å². The Morgan fingerprint density at radius 1 is 1.00 bits per heavy atom. The smallest absolute Gasteiger partial charge is 0.242 e. The molecule has 36 heavy (non-hydrogen) atoms. The van der Waals surface area contributed by atoms with Crippen molar-refractivity contribution in [3.8, 4) is 0 Å². The monoisotopic (exact) mass is 519 g/mol. The minimum Gasteiger partial charge on any atom is -0.354 e. The van der Waals surface area contributed by atoms with Crippen LogP contribution in [0.1, 0.15) is 50.3 Å². The van der Waals surface area contributed by atoms with Crippen LogP contribution in [0, 0.1) is 25.6 Å². The third-order valence-electron chi connectivity index (χ3n) is 6.05. The van der Waals surface area contributed by atoms with Gasteiger partial charge < -0.3 is 10.2 Å². The van der Waals surface area contributed by atoms with Gasteiger partial charge in [-0.25, -0.2) is 12.8 Å².